The largest absolute Gasteiger partial charge is 0.467 e. The van der Waals surface area contributed by atoms with Crippen LogP contribution in [0.5, 0.6) is 5.75 Å². The van der Waals surface area contributed by atoms with Gasteiger partial charge in [-0.15, -0.1) is 0 Å². The maximum Gasteiger partial charge on any atom is 0.189 e. The molecule has 1 atom stereocenters. The van der Waals surface area contributed by atoms with Crippen LogP contribution in [0.2, 0.25) is 0 Å². The number of benzene rings is 1. The van der Waals surface area contributed by atoms with Crippen molar-refractivity contribution in [2.45, 2.75) is 31.9 Å². The Labute approximate surface area is 99.9 Å². The Morgan fingerprint density at radius 2 is 2.24 bits per heavy atom. The van der Waals surface area contributed by atoms with Crippen molar-refractivity contribution in [3.63, 3.8) is 0 Å². The smallest absolute Gasteiger partial charge is 0.189 e. The Balaban J connectivity index is 1.93. The first-order valence-electron chi connectivity index (χ1n) is 6.11. The van der Waals surface area contributed by atoms with Crippen molar-refractivity contribution in [3.8, 4) is 5.75 Å². The first-order valence-corrected chi connectivity index (χ1v) is 6.11. The van der Waals surface area contributed by atoms with Crippen molar-refractivity contribution in [1.29, 1.82) is 0 Å². The molecule has 1 saturated heterocycles. The minimum Gasteiger partial charge on any atom is -0.467 e. The molecule has 3 rings (SSSR count). The van der Waals surface area contributed by atoms with Gasteiger partial charge in [-0.25, -0.2) is 4.39 Å². The average molecular weight is 237 g/mol. The fraction of sp³-hybridized carbons (Fsp3) is 0.538. The molecule has 1 fully saturated rings. The van der Waals surface area contributed by atoms with Gasteiger partial charge in [-0.1, -0.05) is 6.42 Å². The van der Waals surface area contributed by atoms with Crippen molar-refractivity contribution < 1.29 is 13.9 Å². The molecule has 1 aromatic carbocycles. The molecule has 0 spiro atoms. The summed E-state index contributed by atoms with van der Waals surface area (Å²) >= 11 is 0. The Bertz CT molecular complexity index is 416. The van der Waals surface area contributed by atoms with E-state index in [4.69, 9.17) is 9.47 Å². The molecule has 3 nitrogen and oxygen atoms in total. The van der Waals surface area contributed by atoms with Gasteiger partial charge in [0.15, 0.2) is 6.79 Å². The van der Waals surface area contributed by atoms with Crippen molar-refractivity contribution >= 4 is 0 Å². The summed E-state index contributed by atoms with van der Waals surface area (Å²) in [6.45, 7) is 1.66. The highest BCUT2D eigenvalue weighted by Gasteiger charge is 2.22. The summed E-state index contributed by atoms with van der Waals surface area (Å²) < 4.78 is 24.5. The highest BCUT2D eigenvalue weighted by molar-refractivity contribution is 5.40. The summed E-state index contributed by atoms with van der Waals surface area (Å²) in [4.78, 5) is 0. The van der Waals surface area contributed by atoms with E-state index in [0.29, 0.717) is 6.61 Å². The SMILES string of the molecule is Fc1cc2c(cc1C1CCCCN1)OCOC2. The van der Waals surface area contributed by atoms with Gasteiger partial charge in [-0.05, 0) is 31.5 Å². The Kier molecular flexibility index (Phi) is 2.99. The van der Waals surface area contributed by atoms with Gasteiger partial charge in [-0.2, -0.15) is 0 Å². The molecule has 1 unspecified atom stereocenters. The molecule has 17 heavy (non-hydrogen) atoms. The summed E-state index contributed by atoms with van der Waals surface area (Å²) in [7, 11) is 0. The summed E-state index contributed by atoms with van der Waals surface area (Å²) in [6.07, 6.45) is 3.32. The number of hydrogen-bond acceptors (Lipinski definition) is 3. The molecule has 92 valence electrons. The number of ether oxygens (including phenoxy) is 2. The van der Waals surface area contributed by atoms with E-state index in [1.54, 1.807) is 6.07 Å². The van der Waals surface area contributed by atoms with Gasteiger partial charge in [0.25, 0.3) is 0 Å². The third-order valence-corrected chi connectivity index (χ3v) is 3.42. The number of rotatable bonds is 1. The summed E-state index contributed by atoms with van der Waals surface area (Å²) in [5.41, 5.74) is 1.53. The maximum atomic E-state index is 14.0. The monoisotopic (exact) mass is 237 g/mol. The van der Waals surface area contributed by atoms with Gasteiger partial charge in [0.05, 0.1) is 6.61 Å². The Morgan fingerprint density at radius 1 is 1.29 bits per heavy atom. The van der Waals surface area contributed by atoms with Crippen LogP contribution in [0.25, 0.3) is 0 Å². The summed E-state index contributed by atoms with van der Waals surface area (Å²) in [6, 6.07) is 3.50. The van der Waals surface area contributed by atoms with Crippen LogP contribution in [0.4, 0.5) is 4.39 Å². The fourth-order valence-corrected chi connectivity index (χ4v) is 2.50. The molecule has 1 aromatic rings. The maximum absolute atomic E-state index is 14.0. The van der Waals surface area contributed by atoms with E-state index in [2.05, 4.69) is 5.32 Å². The number of piperidine rings is 1. The number of fused-ring (bicyclic) bond motifs is 1. The third kappa shape index (κ3) is 2.15. The van der Waals surface area contributed by atoms with E-state index < -0.39 is 0 Å². The van der Waals surface area contributed by atoms with Gasteiger partial charge in [-0.3, -0.25) is 0 Å². The van der Waals surface area contributed by atoms with Crippen LogP contribution in [0, 0.1) is 5.82 Å². The van der Waals surface area contributed by atoms with Crippen molar-refractivity contribution in [3.05, 3.63) is 29.1 Å². The van der Waals surface area contributed by atoms with Gasteiger partial charge in [0.1, 0.15) is 11.6 Å². The van der Waals surface area contributed by atoms with Crippen LogP contribution in [0.15, 0.2) is 12.1 Å². The first kappa shape index (κ1) is 11.0. The molecular formula is C13H16FNO2. The van der Waals surface area contributed by atoms with Crippen molar-refractivity contribution in [1.82, 2.24) is 5.32 Å². The van der Waals surface area contributed by atoms with E-state index in [9.17, 15) is 4.39 Å². The van der Waals surface area contributed by atoms with Crippen LogP contribution >= 0.6 is 0 Å². The molecule has 0 aromatic heterocycles. The zero-order valence-corrected chi connectivity index (χ0v) is 9.67. The molecule has 0 aliphatic carbocycles. The van der Waals surface area contributed by atoms with E-state index in [1.807, 2.05) is 6.07 Å². The molecular weight excluding hydrogens is 221 g/mol. The molecule has 2 aliphatic heterocycles. The van der Waals surface area contributed by atoms with Crippen molar-refractivity contribution in [2.75, 3.05) is 13.3 Å². The number of hydrogen-bond donors (Lipinski definition) is 1. The Morgan fingerprint density at radius 3 is 3.06 bits per heavy atom. The first-order chi connectivity index (χ1) is 8.34. The quantitative estimate of drug-likeness (QED) is 0.814. The molecule has 1 N–H and O–H groups in total. The highest BCUT2D eigenvalue weighted by atomic mass is 19.1. The molecule has 2 aliphatic rings. The highest BCUT2D eigenvalue weighted by Crippen LogP contribution is 2.32. The number of nitrogens with one attached hydrogen (secondary N) is 1. The van der Waals surface area contributed by atoms with Crippen LogP contribution in [0.1, 0.15) is 36.4 Å². The average Bonchev–Trinajstić information content (AvgIpc) is 2.39. The van der Waals surface area contributed by atoms with Crippen LogP contribution < -0.4 is 10.1 Å². The van der Waals surface area contributed by atoms with E-state index in [0.717, 1.165) is 36.3 Å². The third-order valence-electron chi connectivity index (χ3n) is 3.42. The second-order valence-electron chi connectivity index (χ2n) is 4.59. The lowest BCUT2D eigenvalue weighted by Gasteiger charge is -2.26. The molecule has 0 bridgehead atoms. The lowest BCUT2D eigenvalue weighted by atomic mass is 9.95. The number of halogens is 1. The van der Waals surface area contributed by atoms with Crippen LogP contribution in [0.3, 0.4) is 0 Å². The zero-order chi connectivity index (χ0) is 11.7. The van der Waals surface area contributed by atoms with Gasteiger partial charge in [0, 0.05) is 17.2 Å². The predicted octanol–water partition coefficient (Wildman–Crippen LogP) is 2.51. The lowest BCUT2D eigenvalue weighted by molar-refractivity contribution is -0.0167. The molecule has 0 radical (unpaired) electrons. The lowest BCUT2D eigenvalue weighted by Crippen LogP contribution is -2.27. The molecule has 4 heteroatoms. The van der Waals surface area contributed by atoms with Crippen LogP contribution in [-0.4, -0.2) is 13.3 Å². The topological polar surface area (TPSA) is 30.5 Å². The van der Waals surface area contributed by atoms with Gasteiger partial charge in [0.2, 0.25) is 0 Å². The second-order valence-corrected chi connectivity index (χ2v) is 4.59. The van der Waals surface area contributed by atoms with E-state index in [-0.39, 0.29) is 18.7 Å². The standard InChI is InChI=1S/C13H16FNO2/c14-11-5-9-7-16-8-17-13(9)6-10(11)12-3-1-2-4-15-12/h5-6,12,15H,1-4,7-8H2. The van der Waals surface area contributed by atoms with Gasteiger partial charge >= 0.3 is 0 Å². The van der Waals surface area contributed by atoms with Crippen molar-refractivity contribution in [2.24, 2.45) is 0 Å². The second kappa shape index (κ2) is 4.63. The molecule has 2 heterocycles. The minimum atomic E-state index is -0.155. The minimum absolute atomic E-state index is 0.125. The molecule has 0 amide bonds. The Hall–Kier alpha value is -1.13. The van der Waals surface area contributed by atoms with Crippen LogP contribution in [-0.2, 0) is 11.3 Å². The van der Waals surface area contributed by atoms with E-state index in [1.165, 1.54) is 6.42 Å². The summed E-state index contributed by atoms with van der Waals surface area (Å²) in [5.74, 6) is 0.609. The normalized spacial score (nSPS) is 23.9. The fourth-order valence-electron chi connectivity index (χ4n) is 2.50. The summed E-state index contributed by atoms with van der Waals surface area (Å²) in [5, 5.41) is 3.36. The molecule has 0 saturated carbocycles. The van der Waals surface area contributed by atoms with Gasteiger partial charge < -0.3 is 14.8 Å². The predicted molar refractivity (Wildman–Crippen MR) is 61.3 cm³/mol. The van der Waals surface area contributed by atoms with E-state index >= 15 is 0 Å². The zero-order valence-electron chi connectivity index (χ0n) is 9.67.